The molecule has 0 spiro atoms. The number of hydrazone groups is 1. The fourth-order valence-corrected chi connectivity index (χ4v) is 3.44. The molecule has 3 aromatic rings. The van der Waals surface area contributed by atoms with Crippen molar-refractivity contribution in [3.8, 4) is 11.5 Å². The van der Waals surface area contributed by atoms with E-state index in [1.807, 2.05) is 32.0 Å². The first kappa shape index (κ1) is 26.4. The van der Waals surface area contributed by atoms with Gasteiger partial charge in [-0.2, -0.15) is 5.10 Å². The maximum Gasteiger partial charge on any atom is 0.329 e. The number of halogens is 1. The number of hydrogen-bond acceptors (Lipinski definition) is 6. The molecular formula is C26H25BrN4O5. The predicted octanol–water partition coefficient (Wildman–Crippen LogP) is 4.26. The van der Waals surface area contributed by atoms with Crippen molar-refractivity contribution in [1.82, 2.24) is 5.43 Å². The third-order valence-electron chi connectivity index (χ3n) is 4.64. The molecule has 3 rings (SSSR count). The van der Waals surface area contributed by atoms with Crippen LogP contribution in [0.1, 0.15) is 18.1 Å². The molecule has 36 heavy (non-hydrogen) atoms. The first-order chi connectivity index (χ1) is 17.4. The lowest BCUT2D eigenvalue weighted by Crippen LogP contribution is -2.32. The van der Waals surface area contributed by atoms with Crippen LogP contribution in [-0.2, 0) is 14.4 Å². The minimum Gasteiger partial charge on any atom is -0.492 e. The molecule has 3 N–H and O–H groups in total. The number of nitrogens with zero attached hydrogens (tertiary/aromatic N) is 1. The van der Waals surface area contributed by atoms with Crippen molar-refractivity contribution in [2.24, 2.45) is 5.10 Å². The number of benzene rings is 3. The van der Waals surface area contributed by atoms with Gasteiger partial charge in [-0.05, 0) is 61.9 Å². The molecule has 0 saturated carbocycles. The third kappa shape index (κ3) is 7.95. The Labute approximate surface area is 217 Å². The monoisotopic (exact) mass is 552 g/mol. The van der Waals surface area contributed by atoms with Crippen LogP contribution >= 0.6 is 15.9 Å². The van der Waals surface area contributed by atoms with Crippen LogP contribution in [0.5, 0.6) is 11.5 Å². The van der Waals surface area contributed by atoms with Crippen LogP contribution in [0.4, 0.5) is 11.4 Å². The minimum absolute atomic E-state index is 0.232. The Hall–Kier alpha value is -4.18. The topological polar surface area (TPSA) is 118 Å². The molecule has 0 aliphatic rings. The quantitative estimate of drug-likeness (QED) is 0.208. The number of ether oxygens (including phenoxy) is 2. The standard InChI is InChI=1S/C26H25BrN4O5/c1-3-35-23-10-5-4-9-21(23)30-25(33)26(34)31-28-15-18-14-19(27)11-12-22(18)36-16-24(32)29-20-8-6-7-17(2)13-20/h4-15H,3,16H2,1-2H3,(H,29,32)(H,30,33)(H,31,34)/b28-15-. The number of para-hydroxylation sites is 2. The highest BCUT2D eigenvalue weighted by Crippen LogP contribution is 2.24. The highest BCUT2D eigenvalue weighted by atomic mass is 79.9. The molecule has 3 aromatic carbocycles. The van der Waals surface area contributed by atoms with E-state index < -0.39 is 11.8 Å². The lowest BCUT2D eigenvalue weighted by atomic mass is 10.2. The van der Waals surface area contributed by atoms with Crippen molar-refractivity contribution >= 4 is 51.2 Å². The second-order valence-electron chi connectivity index (χ2n) is 7.47. The molecule has 0 unspecified atom stereocenters. The van der Waals surface area contributed by atoms with Gasteiger partial charge in [-0.3, -0.25) is 14.4 Å². The lowest BCUT2D eigenvalue weighted by Gasteiger charge is -2.11. The largest absolute Gasteiger partial charge is 0.492 e. The number of carbonyl (C=O) groups excluding carboxylic acids is 3. The fourth-order valence-electron chi connectivity index (χ4n) is 3.06. The molecule has 0 aliphatic heterocycles. The summed E-state index contributed by atoms with van der Waals surface area (Å²) >= 11 is 3.37. The van der Waals surface area contributed by atoms with E-state index in [0.717, 1.165) is 10.0 Å². The smallest absolute Gasteiger partial charge is 0.329 e. The zero-order valence-electron chi connectivity index (χ0n) is 19.7. The Morgan fingerprint density at radius 1 is 0.917 bits per heavy atom. The average molecular weight is 553 g/mol. The summed E-state index contributed by atoms with van der Waals surface area (Å²) in [7, 11) is 0. The van der Waals surface area contributed by atoms with E-state index >= 15 is 0 Å². The van der Waals surface area contributed by atoms with Crippen molar-refractivity contribution in [2.75, 3.05) is 23.8 Å². The maximum absolute atomic E-state index is 12.3. The second kappa shape index (κ2) is 13.1. The molecule has 3 amide bonds. The number of amides is 3. The second-order valence-corrected chi connectivity index (χ2v) is 8.39. The Bertz CT molecular complexity index is 1280. The number of anilines is 2. The van der Waals surface area contributed by atoms with Crippen LogP contribution in [0.25, 0.3) is 0 Å². The van der Waals surface area contributed by atoms with Gasteiger partial charge >= 0.3 is 11.8 Å². The van der Waals surface area contributed by atoms with Gasteiger partial charge < -0.3 is 20.1 Å². The molecule has 0 heterocycles. The number of hydrogen-bond donors (Lipinski definition) is 3. The molecule has 0 aliphatic carbocycles. The molecule has 186 valence electrons. The average Bonchev–Trinajstić information content (AvgIpc) is 2.85. The fraction of sp³-hybridized carbons (Fsp3) is 0.154. The Balaban J connectivity index is 1.58. The van der Waals surface area contributed by atoms with Gasteiger partial charge in [0, 0.05) is 15.7 Å². The molecule has 0 fully saturated rings. The molecule has 0 atom stereocenters. The molecule has 0 bridgehead atoms. The number of aryl methyl sites for hydroxylation is 1. The predicted molar refractivity (Wildman–Crippen MR) is 141 cm³/mol. The summed E-state index contributed by atoms with van der Waals surface area (Å²) in [5.41, 5.74) is 4.73. The van der Waals surface area contributed by atoms with Crippen LogP contribution in [0, 0.1) is 6.92 Å². The number of carbonyl (C=O) groups is 3. The van der Waals surface area contributed by atoms with Gasteiger partial charge in [-0.25, -0.2) is 5.43 Å². The first-order valence-corrected chi connectivity index (χ1v) is 11.8. The van der Waals surface area contributed by atoms with E-state index in [0.29, 0.717) is 35.0 Å². The van der Waals surface area contributed by atoms with Crippen LogP contribution in [-0.4, -0.2) is 37.1 Å². The van der Waals surface area contributed by atoms with Crippen LogP contribution in [0.2, 0.25) is 0 Å². The summed E-state index contributed by atoms with van der Waals surface area (Å²) in [6, 6.07) is 19.3. The van der Waals surface area contributed by atoms with Gasteiger partial charge in [0.1, 0.15) is 11.5 Å². The van der Waals surface area contributed by atoms with Gasteiger partial charge in [0.2, 0.25) is 0 Å². The van der Waals surface area contributed by atoms with Crippen molar-refractivity contribution in [3.05, 3.63) is 82.3 Å². The normalized spacial score (nSPS) is 10.5. The summed E-state index contributed by atoms with van der Waals surface area (Å²) in [4.78, 5) is 36.7. The highest BCUT2D eigenvalue weighted by molar-refractivity contribution is 9.10. The van der Waals surface area contributed by atoms with Crippen LogP contribution in [0.3, 0.4) is 0 Å². The Morgan fingerprint density at radius 2 is 1.72 bits per heavy atom. The molecule has 0 saturated heterocycles. The Kier molecular flexibility index (Phi) is 9.58. The minimum atomic E-state index is -0.965. The van der Waals surface area contributed by atoms with Crippen molar-refractivity contribution in [2.45, 2.75) is 13.8 Å². The van der Waals surface area contributed by atoms with E-state index in [1.165, 1.54) is 6.21 Å². The molecular weight excluding hydrogens is 528 g/mol. The van der Waals surface area contributed by atoms with Gasteiger partial charge in [-0.1, -0.05) is 40.2 Å². The van der Waals surface area contributed by atoms with Crippen molar-refractivity contribution < 1.29 is 23.9 Å². The van der Waals surface area contributed by atoms with E-state index in [-0.39, 0.29) is 12.5 Å². The van der Waals surface area contributed by atoms with Crippen LogP contribution in [0.15, 0.2) is 76.3 Å². The maximum atomic E-state index is 12.3. The molecule has 0 radical (unpaired) electrons. The lowest BCUT2D eigenvalue weighted by molar-refractivity contribution is -0.136. The summed E-state index contributed by atoms with van der Waals surface area (Å²) in [6.45, 7) is 3.93. The summed E-state index contributed by atoms with van der Waals surface area (Å²) in [5.74, 6) is -1.38. The molecule has 9 nitrogen and oxygen atoms in total. The summed E-state index contributed by atoms with van der Waals surface area (Å²) < 4.78 is 11.8. The Morgan fingerprint density at radius 3 is 2.50 bits per heavy atom. The summed E-state index contributed by atoms with van der Waals surface area (Å²) in [5, 5.41) is 9.11. The van der Waals surface area contributed by atoms with Gasteiger partial charge in [-0.15, -0.1) is 0 Å². The summed E-state index contributed by atoms with van der Waals surface area (Å²) in [6.07, 6.45) is 1.32. The molecule has 0 aromatic heterocycles. The third-order valence-corrected chi connectivity index (χ3v) is 5.14. The number of nitrogens with one attached hydrogen (secondary N) is 3. The molecule has 10 heteroatoms. The van der Waals surface area contributed by atoms with Crippen molar-refractivity contribution in [1.29, 1.82) is 0 Å². The SMILES string of the molecule is CCOc1ccccc1NC(=O)C(=O)N/N=C\c1cc(Br)ccc1OCC(=O)Nc1cccc(C)c1. The van der Waals surface area contributed by atoms with E-state index in [2.05, 4.69) is 37.1 Å². The van der Waals surface area contributed by atoms with E-state index in [4.69, 9.17) is 9.47 Å². The van der Waals surface area contributed by atoms with E-state index in [9.17, 15) is 14.4 Å². The van der Waals surface area contributed by atoms with Crippen molar-refractivity contribution in [3.63, 3.8) is 0 Å². The first-order valence-electron chi connectivity index (χ1n) is 11.0. The van der Waals surface area contributed by atoms with Gasteiger partial charge in [0.25, 0.3) is 5.91 Å². The highest BCUT2D eigenvalue weighted by Gasteiger charge is 2.15. The zero-order valence-corrected chi connectivity index (χ0v) is 21.3. The number of rotatable bonds is 9. The van der Waals surface area contributed by atoms with E-state index in [1.54, 1.807) is 48.5 Å². The zero-order chi connectivity index (χ0) is 25.9. The van der Waals surface area contributed by atoms with Gasteiger partial charge in [0.15, 0.2) is 6.61 Å². The van der Waals surface area contributed by atoms with Crippen LogP contribution < -0.4 is 25.5 Å². The van der Waals surface area contributed by atoms with Gasteiger partial charge in [0.05, 0.1) is 18.5 Å².